The van der Waals surface area contributed by atoms with Crippen molar-refractivity contribution in [1.29, 1.82) is 0 Å². The van der Waals surface area contributed by atoms with Gasteiger partial charge in [-0.25, -0.2) is 0 Å². The molecule has 0 aromatic rings. The predicted octanol–water partition coefficient (Wildman–Crippen LogP) is 1.68. The van der Waals surface area contributed by atoms with Gasteiger partial charge >= 0.3 is 0 Å². The average molecular weight is 256 g/mol. The number of hydrogen-bond donors (Lipinski definition) is 2. The summed E-state index contributed by atoms with van der Waals surface area (Å²) >= 11 is 0. The monoisotopic (exact) mass is 256 g/mol. The summed E-state index contributed by atoms with van der Waals surface area (Å²) in [6.07, 6.45) is 5.04. The molecule has 0 aromatic heterocycles. The molecule has 0 atom stereocenters. The molecule has 3 N–H and O–H groups in total. The Kier molecular flexibility index (Phi) is 5.60. The molecule has 0 unspecified atom stereocenters. The summed E-state index contributed by atoms with van der Waals surface area (Å²) in [4.78, 5) is 12.3. The van der Waals surface area contributed by atoms with E-state index in [4.69, 9.17) is 10.5 Å². The maximum absolute atomic E-state index is 12.3. The molecule has 0 spiro atoms. The largest absolute Gasteiger partial charge is 0.385 e. The first-order valence-electron chi connectivity index (χ1n) is 7.05. The van der Waals surface area contributed by atoms with Crippen molar-refractivity contribution < 1.29 is 9.53 Å². The molecule has 1 aliphatic carbocycles. The van der Waals surface area contributed by atoms with E-state index >= 15 is 0 Å². The van der Waals surface area contributed by atoms with Crippen molar-refractivity contribution in [2.24, 2.45) is 16.6 Å². The summed E-state index contributed by atoms with van der Waals surface area (Å²) in [5, 5.41) is 3.11. The van der Waals surface area contributed by atoms with E-state index in [1.807, 2.05) is 13.8 Å². The fourth-order valence-electron chi connectivity index (χ4n) is 2.42. The summed E-state index contributed by atoms with van der Waals surface area (Å²) in [6.45, 7) is 6.05. The number of amides is 1. The van der Waals surface area contributed by atoms with Crippen LogP contribution in [0.3, 0.4) is 0 Å². The van der Waals surface area contributed by atoms with Crippen LogP contribution in [0.2, 0.25) is 0 Å². The van der Waals surface area contributed by atoms with Crippen LogP contribution in [0, 0.1) is 10.8 Å². The molecule has 106 valence electrons. The Bertz CT molecular complexity index is 263. The van der Waals surface area contributed by atoms with Gasteiger partial charge in [-0.15, -0.1) is 0 Å². The highest BCUT2D eigenvalue weighted by Gasteiger charge is 2.43. The molecular weight excluding hydrogens is 228 g/mol. The minimum atomic E-state index is -0.378. The highest BCUT2D eigenvalue weighted by atomic mass is 16.5. The van der Waals surface area contributed by atoms with Crippen LogP contribution in [0.25, 0.3) is 0 Å². The lowest BCUT2D eigenvalue weighted by Crippen LogP contribution is -2.46. The van der Waals surface area contributed by atoms with E-state index in [2.05, 4.69) is 5.32 Å². The summed E-state index contributed by atoms with van der Waals surface area (Å²) in [7, 11) is 1.72. The number of hydrogen-bond acceptors (Lipinski definition) is 3. The molecule has 0 saturated heterocycles. The second-order valence-electron chi connectivity index (χ2n) is 5.62. The fourth-order valence-corrected chi connectivity index (χ4v) is 2.42. The predicted molar refractivity (Wildman–Crippen MR) is 73.2 cm³/mol. The minimum Gasteiger partial charge on any atom is -0.385 e. The second kappa shape index (κ2) is 6.53. The van der Waals surface area contributed by atoms with Gasteiger partial charge in [-0.3, -0.25) is 4.79 Å². The minimum absolute atomic E-state index is 0.124. The molecule has 0 bridgehead atoms. The van der Waals surface area contributed by atoms with Gasteiger partial charge < -0.3 is 15.8 Å². The van der Waals surface area contributed by atoms with Gasteiger partial charge in [0.05, 0.1) is 5.41 Å². The zero-order valence-electron chi connectivity index (χ0n) is 12.1. The lowest BCUT2D eigenvalue weighted by Gasteiger charge is -2.29. The third-order valence-corrected chi connectivity index (χ3v) is 4.64. The van der Waals surface area contributed by atoms with Gasteiger partial charge in [0.2, 0.25) is 5.91 Å². The van der Waals surface area contributed by atoms with E-state index < -0.39 is 0 Å². The Hall–Kier alpha value is -0.610. The van der Waals surface area contributed by atoms with E-state index in [1.54, 1.807) is 7.11 Å². The van der Waals surface area contributed by atoms with Crippen molar-refractivity contribution in [2.45, 2.75) is 46.0 Å². The van der Waals surface area contributed by atoms with Crippen LogP contribution in [0.5, 0.6) is 0 Å². The zero-order chi connectivity index (χ0) is 13.6. The van der Waals surface area contributed by atoms with Crippen molar-refractivity contribution in [2.75, 3.05) is 26.8 Å². The number of ether oxygens (including phenoxy) is 1. The van der Waals surface area contributed by atoms with Crippen molar-refractivity contribution in [3.8, 4) is 0 Å². The van der Waals surface area contributed by atoms with E-state index in [1.165, 1.54) is 12.8 Å². The molecule has 4 nitrogen and oxygen atoms in total. The van der Waals surface area contributed by atoms with E-state index in [0.717, 1.165) is 32.4 Å². The van der Waals surface area contributed by atoms with Gasteiger partial charge in [0.1, 0.15) is 0 Å². The molecule has 1 aliphatic rings. The smallest absolute Gasteiger partial charge is 0.227 e. The normalized spacial score (nSPS) is 17.6. The molecule has 0 aromatic carbocycles. The molecule has 0 aliphatic heterocycles. The standard InChI is InChI=1S/C14H28N2O2/c1-4-14(5-2,10-15)12(17)16-11-13(6-7-13)8-9-18-3/h4-11,15H2,1-3H3,(H,16,17). The molecule has 1 fully saturated rings. The quantitative estimate of drug-likeness (QED) is 0.660. The van der Waals surface area contributed by atoms with E-state index in [9.17, 15) is 4.79 Å². The molecular formula is C14H28N2O2. The van der Waals surface area contributed by atoms with Crippen molar-refractivity contribution >= 4 is 5.91 Å². The number of rotatable bonds is 9. The van der Waals surface area contributed by atoms with Crippen LogP contribution in [0.15, 0.2) is 0 Å². The van der Waals surface area contributed by atoms with Crippen LogP contribution in [0.4, 0.5) is 0 Å². The van der Waals surface area contributed by atoms with Crippen molar-refractivity contribution in [3.63, 3.8) is 0 Å². The number of methoxy groups -OCH3 is 1. The highest BCUT2D eigenvalue weighted by Crippen LogP contribution is 2.48. The van der Waals surface area contributed by atoms with Crippen LogP contribution in [-0.2, 0) is 9.53 Å². The Balaban J connectivity index is 2.45. The summed E-state index contributed by atoms with van der Waals surface area (Å²) in [5.41, 5.74) is 5.71. The Morgan fingerprint density at radius 3 is 2.39 bits per heavy atom. The Morgan fingerprint density at radius 2 is 2.00 bits per heavy atom. The van der Waals surface area contributed by atoms with Crippen molar-refractivity contribution in [1.82, 2.24) is 5.32 Å². The molecule has 1 saturated carbocycles. The van der Waals surface area contributed by atoms with Gasteiger partial charge in [-0.2, -0.15) is 0 Å². The number of carbonyl (C=O) groups excluding carboxylic acids is 1. The summed E-state index contributed by atoms with van der Waals surface area (Å²) < 4.78 is 5.12. The van der Waals surface area contributed by atoms with E-state index in [-0.39, 0.29) is 11.3 Å². The maximum Gasteiger partial charge on any atom is 0.227 e. The first-order chi connectivity index (χ1) is 8.58. The fraction of sp³-hybridized carbons (Fsp3) is 0.929. The van der Waals surface area contributed by atoms with Crippen molar-refractivity contribution in [3.05, 3.63) is 0 Å². The third-order valence-electron chi connectivity index (χ3n) is 4.64. The molecule has 1 rings (SSSR count). The van der Waals surface area contributed by atoms with E-state index in [0.29, 0.717) is 12.0 Å². The number of nitrogens with two attached hydrogens (primary N) is 1. The molecule has 4 heteroatoms. The second-order valence-corrected chi connectivity index (χ2v) is 5.62. The van der Waals surface area contributed by atoms with Crippen LogP contribution in [-0.4, -0.2) is 32.7 Å². The van der Waals surface area contributed by atoms with Crippen LogP contribution in [0.1, 0.15) is 46.0 Å². The van der Waals surface area contributed by atoms with Gasteiger partial charge in [0.25, 0.3) is 0 Å². The average Bonchev–Trinajstić information content (AvgIpc) is 3.17. The first-order valence-corrected chi connectivity index (χ1v) is 7.05. The van der Waals surface area contributed by atoms with Crippen LogP contribution >= 0.6 is 0 Å². The lowest BCUT2D eigenvalue weighted by atomic mass is 9.81. The molecule has 0 heterocycles. The molecule has 0 radical (unpaired) electrons. The van der Waals surface area contributed by atoms with Gasteiger partial charge in [-0.05, 0) is 37.5 Å². The first kappa shape index (κ1) is 15.4. The lowest BCUT2D eigenvalue weighted by molar-refractivity contribution is -0.131. The zero-order valence-corrected chi connectivity index (χ0v) is 12.1. The SMILES string of the molecule is CCC(CC)(CN)C(=O)NCC1(CCOC)CC1. The topological polar surface area (TPSA) is 64.4 Å². The molecule has 1 amide bonds. The summed E-state index contributed by atoms with van der Waals surface area (Å²) in [5.74, 6) is 0.124. The Labute approximate surface area is 111 Å². The highest BCUT2D eigenvalue weighted by molar-refractivity contribution is 5.82. The third kappa shape index (κ3) is 3.45. The van der Waals surface area contributed by atoms with Crippen LogP contribution < -0.4 is 11.1 Å². The Morgan fingerprint density at radius 1 is 1.39 bits per heavy atom. The maximum atomic E-state index is 12.3. The van der Waals surface area contributed by atoms with Gasteiger partial charge in [0, 0.05) is 26.8 Å². The summed E-state index contributed by atoms with van der Waals surface area (Å²) in [6, 6.07) is 0. The number of nitrogens with one attached hydrogen (secondary N) is 1. The van der Waals surface area contributed by atoms with Gasteiger partial charge in [-0.1, -0.05) is 13.8 Å². The van der Waals surface area contributed by atoms with Gasteiger partial charge in [0.15, 0.2) is 0 Å². The molecule has 18 heavy (non-hydrogen) atoms. The number of carbonyl (C=O) groups is 1.